The van der Waals surface area contributed by atoms with E-state index in [1.54, 1.807) is 6.92 Å². The van der Waals surface area contributed by atoms with Crippen LogP contribution in [0, 0.1) is 6.92 Å². The minimum atomic E-state index is -0.870. The molecule has 0 saturated carbocycles. The van der Waals surface area contributed by atoms with Gasteiger partial charge in [0.25, 0.3) is 0 Å². The molecular weight excluding hydrogens is 294 g/mol. The Morgan fingerprint density at radius 2 is 2.09 bits per heavy atom. The molecule has 2 aliphatic heterocycles. The molecule has 1 aromatic carbocycles. The van der Waals surface area contributed by atoms with Crippen LogP contribution in [-0.2, 0) is 9.53 Å². The summed E-state index contributed by atoms with van der Waals surface area (Å²) in [6.45, 7) is 7.69. The molecule has 1 fully saturated rings. The lowest BCUT2D eigenvalue weighted by molar-refractivity contribution is -0.138. The molecule has 3 unspecified atom stereocenters. The zero-order valence-electron chi connectivity index (χ0n) is 13.6. The highest BCUT2D eigenvalue weighted by molar-refractivity contribution is 5.86. The fraction of sp³-hybridized carbons (Fsp3) is 0.444. The van der Waals surface area contributed by atoms with E-state index >= 15 is 0 Å². The van der Waals surface area contributed by atoms with Gasteiger partial charge < -0.3 is 14.6 Å². The Balaban J connectivity index is 1.88. The Hall–Kier alpha value is -2.14. The van der Waals surface area contributed by atoms with Gasteiger partial charge in [-0.2, -0.15) is 0 Å². The minimum absolute atomic E-state index is 0.0563. The smallest absolute Gasteiger partial charge is 0.312 e. The number of benzene rings is 1. The molecule has 0 radical (unpaired) electrons. The van der Waals surface area contributed by atoms with Crippen molar-refractivity contribution in [3.63, 3.8) is 0 Å². The first kappa shape index (κ1) is 14.5. The summed E-state index contributed by atoms with van der Waals surface area (Å²) in [5.41, 5.74) is 3.05. The number of nitrogens with zero attached hydrogens (tertiary/aromatic N) is 1. The Labute approximate surface area is 134 Å². The summed E-state index contributed by atoms with van der Waals surface area (Å²) in [7, 11) is 0. The van der Waals surface area contributed by atoms with E-state index in [0.29, 0.717) is 5.69 Å². The predicted octanol–water partition coefficient (Wildman–Crippen LogP) is 3.34. The van der Waals surface area contributed by atoms with E-state index in [0.717, 1.165) is 27.8 Å². The summed E-state index contributed by atoms with van der Waals surface area (Å²) in [6, 6.07) is 5.83. The fourth-order valence-corrected chi connectivity index (χ4v) is 3.34. The zero-order valence-corrected chi connectivity index (χ0v) is 13.6. The van der Waals surface area contributed by atoms with Crippen LogP contribution in [0.1, 0.15) is 49.6 Å². The van der Waals surface area contributed by atoms with Gasteiger partial charge in [0.15, 0.2) is 0 Å². The fourth-order valence-electron chi connectivity index (χ4n) is 3.34. The lowest BCUT2D eigenvalue weighted by Gasteiger charge is -2.29. The number of carbonyl (C=O) groups is 1. The summed E-state index contributed by atoms with van der Waals surface area (Å²) in [5, 5.41) is 10.2. The first-order valence-electron chi connectivity index (χ1n) is 7.80. The number of pyridine rings is 1. The van der Waals surface area contributed by atoms with Crippen molar-refractivity contribution in [1.82, 2.24) is 4.98 Å². The van der Waals surface area contributed by atoms with Crippen molar-refractivity contribution in [3.05, 3.63) is 35.0 Å². The van der Waals surface area contributed by atoms with Crippen molar-refractivity contribution in [1.29, 1.82) is 0 Å². The van der Waals surface area contributed by atoms with E-state index < -0.39 is 11.9 Å². The maximum Gasteiger partial charge on any atom is 0.312 e. The summed E-state index contributed by atoms with van der Waals surface area (Å²) in [4.78, 5) is 15.8. The summed E-state index contributed by atoms with van der Waals surface area (Å²) in [5.74, 6) is -0.663. The zero-order chi connectivity index (χ0) is 16.5. The molecule has 3 atom stereocenters. The second-order valence-electron chi connectivity index (χ2n) is 7.01. The molecule has 5 nitrogen and oxygen atoms in total. The lowest BCUT2D eigenvalue weighted by Crippen LogP contribution is -2.37. The standard InChI is InChI=1S/C18H19NO4/c1-8-5-12(9(2)17(20)21)19-13-6-11-14(7-10(8)13)23-18(3,4)16-15(11)22-16/h5-7,9,15-16H,1-4H3,(H,20,21). The molecule has 0 amide bonds. The SMILES string of the molecule is Cc1cc(C(C)C(=O)O)nc2cc3c(cc12)OC(C)(C)C1OC31. The highest BCUT2D eigenvalue weighted by Crippen LogP contribution is 2.54. The van der Waals surface area contributed by atoms with Gasteiger partial charge in [0.05, 0.1) is 17.1 Å². The van der Waals surface area contributed by atoms with Crippen LogP contribution in [0.15, 0.2) is 18.2 Å². The maximum absolute atomic E-state index is 11.2. The highest BCUT2D eigenvalue weighted by atomic mass is 16.6. The molecule has 120 valence electrons. The lowest BCUT2D eigenvalue weighted by atomic mass is 9.92. The second kappa shape index (κ2) is 4.45. The van der Waals surface area contributed by atoms with Gasteiger partial charge in [0.1, 0.15) is 23.6 Å². The van der Waals surface area contributed by atoms with Gasteiger partial charge in [-0.15, -0.1) is 0 Å². The van der Waals surface area contributed by atoms with Crippen LogP contribution in [0.2, 0.25) is 0 Å². The number of carboxylic acids is 1. The van der Waals surface area contributed by atoms with E-state index in [2.05, 4.69) is 4.98 Å². The third kappa shape index (κ3) is 2.10. The Morgan fingerprint density at radius 3 is 2.78 bits per heavy atom. The molecule has 0 bridgehead atoms. The number of fused-ring (bicyclic) bond motifs is 4. The third-order valence-electron chi connectivity index (χ3n) is 4.84. The van der Waals surface area contributed by atoms with Crippen molar-refractivity contribution in [2.75, 3.05) is 0 Å². The third-order valence-corrected chi connectivity index (χ3v) is 4.84. The molecular formula is C18H19NO4. The molecule has 3 heterocycles. The monoisotopic (exact) mass is 313 g/mol. The van der Waals surface area contributed by atoms with Crippen LogP contribution in [0.25, 0.3) is 10.9 Å². The highest BCUT2D eigenvalue weighted by Gasteiger charge is 2.56. The van der Waals surface area contributed by atoms with Gasteiger partial charge in [0.2, 0.25) is 0 Å². The molecule has 5 heteroatoms. The van der Waals surface area contributed by atoms with E-state index in [9.17, 15) is 9.90 Å². The molecule has 2 aromatic rings. The Bertz CT molecular complexity index is 843. The van der Waals surface area contributed by atoms with Crippen LogP contribution >= 0.6 is 0 Å². The van der Waals surface area contributed by atoms with E-state index in [4.69, 9.17) is 9.47 Å². The van der Waals surface area contributed by atoms with Crippen LogP contribution in [0.4, 0.5) is 0 Å². The Morgan fingerprint density at radius 1 is 1.35 bits per heavy atom. The minimum Gasteiger partial charge on any atom is -0.485 e. The first-order chi connectivity index (χ1) is 10.8. The largest absolute Gasteiger partial charge is 0.485 e. The number of hydrogen-bond donors (Lipinski definition) is 1. The quantitative estimate of drug-likeness (QED) is 0.861. The van der Waals surface area contributed by atoms with Crippen LogP contribution in [0.3, 0.4) is 0 Å². The molecule has 0 spiro atoms. The van der Waals surface area contributed by atoms with Gasteiger partial charge in [0, 0.05) is 10.9 Å². The van der Waals surface area contributed by atoms with Crippen LogP contribution in [-0.4, -0.2) is 27.8 Å². The number of aryl methyl sites for hydroxylation is 1. The number of aromatic nitrogens is 1. The molecule has 0 aliphatic carbocycles. The number of epoxide rings is 1. The average Bonchev–Trinajstić information content (AvgIpc) is 3.26. The summed E-state index contributed by atoms with van der Waals surface area (Å²) < 4.78 is 11.9. The normalized spacial score (nSPS) is 25.2. The van der Waals surface area contributed by atoms with Gasteiger partial charge in [-0.3, -0.25) is 9.78 Å². The summed E-state index contributed by atoms with van der Waals surface area (Å²) >= 11 is 0. The first-order valence-corrected chi connectivity index (χ1v) is 7.80. The Kier molecular flexibility index (Phi) is 2.79. The molecule has 1 saturated heterocycles. The van der Waals surface area contributed by atoms with Crippen molar-refractivity contribution in [2.45, 2.75) is 51.4 Å². The van der Waals surface area contributed by atoms with Crippen LogP contribution < -0.4 is 4.74 Å². The second-order valence-corrected chi connectivity index (χ2v) is 7.01. The van der Waals surface area contributed by atoms with Crippen molar-refractivity contribution in [3.8, 4) is 5.75 Å². The van der Waals surface area contributed by atoms with E-state index in [-0.39, 0.29) is 17.8 Å². The number of aliphatic carboxylic acids is 1. The van der Waals surface area contributed by atoms with Crippen molar-refractivity contribution >= 4 is 16.9 Å². The van der Waals surface area contributed by atoms with Gasteiger partial charge in [-0.25, -0.2) is 0 Å². The van der Waals surface area contributed by atoms with E-state index in [1.165, 1.54) is 0 Å². The van der Waals surface area contributed by atoms with Gasteiger partial charge >= 0.3 is 5.97 Å². The molecule has 1 N–H and O–H groups in total. The van der Waals surface area contributed by atoms with Crippen molar-refractivity contribution < 1.29 is 19.4 Å². The number of carboxylic acid groups (broad SMARTS) is 1. The maximum atomic E-state index is 11.2. The molecule has 1 aromatic heterocycles. The number of rotatable bonds is 2. The predicted molar refractivity (Wildman–Crippen MR) is 84.9 cm³/mol. The summed E-state index contributed by atoms with van der Waals surface area (Å²) in [6.07, 6.45) is 0.135. The van der Waals surface area contributed by atoms with Gasteiger partial charge in [-0.1, -0.05) is 0 Å². The molecule has 23 heavy (non-hydrogen) atoms. The average molecular weight is 313 g/mol. The molecule has 4 rings (SSSR count). The number of ether oxygens (including phenoxy) is 2. The van der Waals surface area contributed by atoms with Gasteiger partial charge in [-0.05, 0) is 51.5 Å². The van der Waals surface area contributed by atoms with Crippen LogP contribution in [0.5, 0.6) is 5.75 Å². The van der Waals surface area contributed by atoms with Crippen molar-refractivity contribution in [2.24, 2.45) is 0 Å². The van der Waals surface area contributed by atoms with E-state index in [1.807, 2.05) is 39.0 Å². The topological polar surface area (TPSA) is 72.0 Å². The number of hydrogen-bond acceptors (Lipinski definition) is 4. The molecule has 2 aliphatic rings.